The summed E-state index contributed by atoms with van der Waals surface area (Å²) in [6, 6.07) is 3.41. The first-order chi connectivity index (χ1) is 15.5. The fourth-order valence-corrected chi connectivity index (χ4v) is 3.76. The highest BCUT2D eigenvalue weighted by atomic mass is 16.6. The number of hydrogen-bond acceptors (Lipinski definition) is 8. The fraction of sp³-hybridized carbons (Fsp3) is 0.542. The number of esters is 2. The first-order valence-electron chi connectivity index (χ1n) is 11.4. The Bertz CT molecular complexity index is 1020. The van der Waals surface area contributed by atoms with E-state index in [-0.39, 0.29) is 0 Å². The van der Waals surface area contributed by atoms with Gasteiger partial charge in [-0.25, -0.2) is 14.4 Å². The van der Waals surface area contributed by atoms with Crippen molar-refractivity contribution >= 4 is 28.8 Å². The van der Waals surface area contributed by atoms with E-state index >= 15 is 0 Å². The van der Waals surface area contributed by atoms with E-state index in [9.17, 15) is 14.4 Å². The van der Waals surface area contributed by atoms with Crippen LogP contribution in [-0.2, 0) is 25.5 Å². The van der Waals surface area contributed by atoms with Crippen LogP contribution < -0.4 is 10.7 Å². The van der Waals surface area contributed by atoms with E-state index in [2.05, 4.69) is 6.92 Å². The molecule has 1 aliphatic rings. The molecule has 0 amide bonds. The molecule has 32 heavy (non-hydrogen) atoms. The summed E-state index contributed by atoms with van der Waals surface area (Å²) in [7, 11) is 0. The van der Waals surface area contributed by atoms with Gasteiger partial charge in [-0.2, -0.15) is 0 Å². The average molecular weight is 446 g/mol. The lowest BCUT2D eigenvalue weighted by Gasteiger charge is -2.27. The van der Waals surface area contributed by atoms with Crippen LogP contribution >= 0.6 is 0 Å². The largest absolute Gasteiger partial charge is 0.519 e. The van der Waals surface area contributed by atoms with Crippen LogP contribution in [-0.4, -0.2) is 31.7 Å². The molecule has 0 radical (unpaired) electrons. The van der Waals surface area contributed by atoms with Gasteiger partial charge in [0.2, 0.25) is 0 Å². The Kier molecular flexibility index (Phi) is 8.53. The Hall–Kier alpha value is -3.03. The van der Waals surface area contributed by atoms with Crippen LogP contribution in [0.15, 0.2) is 37.5 Å². The molecule has 8 nitrogen and oxygen atoms in total. The zero-order valence-electron chi connectivity index (χ0n) is 18.8. The van der Waals surface area contributed by atoms with Gasteiger partial charge in [0.15, 0.2) is 17.8 Å². The summed E-state index contributed by atoms with van der Waals surface area (Å²) in [5.74, 6) is -1.89. The molecule has 0 unspecified atom stereocenters. The lowest BCUT2D eigenvalue weighted by atomic mass is 9.99. The van der Waals surface area contributed by atoms with Crippen molar-refractivity contribution in [2.24, 2.45) is 0 Å². The van der Waals surface area contributed by atoms with E-state index < -0.39 is 24.4 Å². The number of nitrogens with zero attached hydrogens (tertiary/aromatic N) is 1. The van der Waals surface area contributed by atoms with Crippen LogP contribution in [0.5, 0.6) is 0 Å². The minimum absolute atomic E-state index is 0.294. The Morgan fingerprint density at radius 1 is 0.969 bits per heavy atom. The molecule has 2 heterocycles. The number of benzene rings is 1. The molecule has 1 aromatic heterocycles. The van der Waals surface area contributed by atoms with Gasteiger partial charge < -0.3 is 23.2 Å². The summed E-state index contributed by atoms with van der Waals surface area (Å²) in [6.45, 7) is 4.65. The van der Waals surface area contributed by atoms with Crippen LogP contribution in [0.25, 0.3) is 11.2 Å². The van der Waals surface area contributed by atoms with Gasteiger partial charge >= 0.3 is 17.8 Å². The number of carbonyl (C=O) groups is 2. The molecule has 0 fully saturated rings. The second kappa shape index (κ2) is 11.5. The van der Waals surface area contributed by atoms with E-state index in [4.69, 9.17) is 18.3 Å². The molecule has 0 saturated carbocycles. The molecule has 0 atom stereocenters. The van der Waals surface area contributed by atoms with Crippen LogP contribution in [0.3, 0.4) is 0 Å². The van der Waals surface area contributed by atoms with Crippen molar-refractivity contribution in [3.8, 4) is 0 Å². The number of carbonyl (C=O) groups excluding carboxylic acids is 2. The summed E-state index contributed by atoms with van der Waals surface area (Å²) >= 11 is 0. The Labute approximate surface area is 187 Å². The molecule has 1 aliphatic heterocycles. The molecule has 0 spiro atoms. The topological polar surface area (TPSA) is 99.2 Å². The third-order valence-corrected chi connectivity index (χ3v) is 5.47. The fourth-order valence-electron chi connectivity index (χ4n) is 3.76. The van der Waals surface area contributed by atoms with E-state index in [1.807, 2.05) is 11.8 Å². The van der Waals surface area contributed by atoms with Crippen molar-refractivity contribution in [2.75, 3.05) is 24.7 Å². The van der Waals surface area contributed by atoms with Crippen LogP contribution in [0, 0.1) is 0 Å². The van der Waals surface area contributed by atoms with Crippen molar-refractivity contribution in [1.29, 1.82) is 0 Å². The van der Waals surface area contributed by atoms with Crippen LogP contribution in [0.2, 0.25) is 0 Å². The first-order valence-corrected chi connectivity index (χ1v) is 11.4. The maximum atomic E-state index is 12.5. The number of fused-ring (bicyclic) bond motifs is 2. The smallest absolute Gasteiger partial charge is 0.463 e. The predicted octanol–water partition coefficient (Wildman–Crippen LogP) is 4.49. The van der Waals surface area contributed by atoms with Gasteiger partial charge in [0.25, 0.3) is 0 Å². The van der Waals surface area contributed by atoms with Crippen molar-refractivity contribution in [3.05, 3.63) is 40.1 Å². The molecule has 174 valence electrons. The van der Waals surface area contributed by atoms with Gasteiger partial charge in [-0.05, 0) is 25.0 Å². The van der Waals surface area contributed by atoms with E-state index in [1.165, 1.54) is 25.7 Å². The minimum atomic E-state index is -0.770. The molecule has 8 heteroatoms. The zero-order valence-corrected chi connectivity index (χ0v) is 18.8. The molecule has 0 bridgehead atoms. The van der Waals surface area contributed by atoms with Crippen molar-refractivity contribution in [2.45, 2.75) is 65.2 Å². The average Bonchev–Trinajstić information content (AvgIpc) is 3.15. The first kappa shape index (κ1) is 23.6. The monoisotopic (exact) mass is 445 g/mol. The molecule has 3 rings (SSSR count). The Morgan fingerprint density at radius 3 is 2.38 bits per heavy atom. The number of rotatable bonds is 12. The summed E-state index contributed by atoms with van der Waals surface area (Å²) in [5.41, 5.74) is 2.73. The normalized spacial score (nSPS) is 13.1. The van der Waals surface area contributed by atoms with Crippen molar-refractivity contribution in [3.63, 3.8) is 0 Å². The molecule has 1 aromatic carbocycles. The lowest BCUT2D eigenvalue weighted by Crippen LogP contribution is -2.26. The number of ether oxygens (including phenoxy) is 2. The van der Waals surface area contributed by atoms with Gasteiger partial charge in [0, 0.05) is 30.9 Å². The maximum Gasteiger partial charge on any atom is 0.519 e. The van der Waals surface area contributed by atoms with Gasteiger partial charge in [-0.15, -0.1) is 0 Å². The van der Waals surface area contributed by atoms with Crippen LogP contribution in [0.4, 0.5) is 5.69 Å². The zero-order chi connectivity index (χ0) is 22.9. The molecule has 0 saturated heterocycles. The van der Waals surface area contributed by atoms with Gasteiger partial charge in [-0.1, -0.05) is 45.4 Å². The highest BCUT2D eigenvalue weighted by Crippen LogP contribution is 2.33. The molecule has 0 aliphatic carbocycles. The highest BCUT2D eigenvalue weighted by Gasteiger charge is 2.24. The van der Waals surface area contributed by atoms with Gasteiger partial charge in [0.1, 0.15) is 0 Å². The van der Waals surface area contributed by atoms with Crippen molar-refractivity contribution < 1.29 is 27.9 Å². The summed E-state index contributed by atoms with van der Waals surface area (Å²) < 4.78 is 20.4. The Balaban J connectivity index is 1.46. The van der Waals surface area contributed by atoms with Crippen molar-refractivity contribution in [1.82, 2.24) is 0 Å². The SMILES string of the molecule is CCCCCCCCCOC(=O)COC(=O)C1=CN(CC)c2cc3oc(=O)oc3cc2C1. The Morgan fingerprint density at radius 2 is 1.66 bits per heavy atom. The van der Waals surface area contributed by atoms with Gasteiger partial charge in [0.05, 0.1) is 12.2 Å². The summed E-state index contributed by atoms with van der Waals surface area (Å²) in [4.78, 5) is 37.6. The second-order valence-corrected chi connectivity index (χ2v) is 7.92. The molecule has 0 N–H and O–H groups in total. The van der Waals surface area contributed by atoms with Gasteiger partial charge in [-0.3, -0.25) is 0 Å². The molecular weight excluding hydrogens is 414 g/mol. The third kappa shape index (κ3) is 6.24. The predicted molar refractivity (Wildman–Crippen MR) is 119 cm³/mol. The quantitative estimate of drug-likeness (QED) is 0.348. The standard InChI is InChI=1S/C24H31NO7/c1-3-5-6-7-8-9-10-11-29-22(26)16-30-23(27)18-12-17-13-20-21(32-24(28)31-20)14-19(17)25(4-2)15-18/h13-15H,3-12,16H2,1-2H3. The highest BCUT2D eigenvalue weighted by molar-refractivity contribution is 5.93. The summed E-state index contributed by atoms with van der Waals surface area (Å²) in [6.07, 6.45) is 9.93. The lowest BCUT2D eigenvalue weighted by molar-refractivity contribution is -0.156. The number of anilines is 1. The second-order valence-electron chi connectivity index (χ2n) is 7.92. The third-order valence-electron chi connectivity index (χ3n) is 5.47. The maximum absolute atomic E-state index is 12.5. The van der Waals surface area contributed by atoms with Crippen LogP contribution in [0.1, 0.15) is 64.4 Å². The van der Waals surface area contributed by atoms with E-state index in [0.29, 0.717) is 36.3 Å². The van der Waals surface area contributed by atoms with E-state index in [1.54, 1.807) is 18.3 Å². The number of unbranched alkanes of at least 4 members (excludes halogenated alkanes) is 6. The minimum Gasteiger partial charge on any atom is -0.463 e. The molecular formula is C24H31NO7. The van der Waals surface area contributed by atoms with E-state index in [0.717, 1.165) is 30.5 Å². The number of hydrogen-bond donors (Lipinski definition) is 0. The molecule has 2 aromatic rings. The summed E-state index contributed by atoms with van der Waals surface area (Å²) in [5, 5.41) is 0.